The molecule has 0 saturated carbocycles. The fourth-order valence-corrected chi connectivity index (χ4v) is 2.31. The predicted octanol–water partition coefficient (Wildman–Crippen LogP) is 1.78. The molecule has 98 valence electrons. The van der Waals surface area contributed by atoms with Gasteiger partial charge in [0.2, 0.25) is 11.8 Å². The van der Waals surface area contributed by atoms with E-state index < -0.39 is 0 Å². The normalized spacial score (nSPS) is 17.2. The molecular weight excluding hydrogens is 244 g/mol. The van der Waals surface area contributed by atoms with E-state index in [9.17, 15) is 4.79 Å². The third-order valence-corrected chi connectivity index (χ3v) is 3.24. The van der Waals surface area contributed by atoms with E-state index in [-0.39, 0.29) is 11.9 Å². The molecule has 6 heteroatoms. The summed E-state index contributed by atoms with van der Waals surface area (Å²) in [6.45, 7) is 3.67. The van der Waals surface area contributed by atoms with Crippen molar-refractivity contribution in [1.29, 1.82) is 0 Å². The maximum absolute atomic E-state index is 12.1. The molecule has 0 fully saturated rings. The highest BCUT2D eigenvalue weighted by Crippen LogP contribution is 2.39. The fraction of sp³-hybridized carbons (Fsp3) is 0.308. The lowest BCUT2D eigenvalue weighted by atomic mass is 10.1. The molecule has 2 aromatic rings. The number of methoxy groups -OCH3 is 1. The summed E-state index contributed by atoms with van der Waals surface area (Å²) in [7, 11) is 1.57. The minimum absolute atomic E-state index is 0.101. The Morgan fingerprint density at radius 3 is 3.00 bits per heavy atom. The van der Waals surface area contributed by atoms with Crippen molar-refractivity contribution in [2.45, 2.75) is 19.9 Å². The summed E-state index contributed by atoms with van der Waals surface area (Å²) in [5, 5.41) is 7.12. The summed E-state index contributed by atoms with van der Waals surface area (Å²) in [4.78, 5) is 16.5. The van der Waals surface area contributed by atoms with Crippen molar-refractivity contribution in [2.75, 3.05) is 12.4 Å². The van der Waals surface area contributed by atoms with Gasteiger partial charge in [0.05, 0.1) is 24.1 Å². The zero-order valence-electron chi connectivity index (χ0n) is 11.0. The molecule has 1 aliphatic rings. The molecule has 1 atom stereocenters. The molecule has 2 aromatic heterocycles. The standard InChI is InChI=1S/C13H14N4O2/c1-7-6-9-11(13(15-7)19-3)10-4-5-14-17(10)8(2)12(18)16-9/h4-6,8H,1-3H3,(H,16,18). The molecule has 0 aliphatic carbocycles. The lowest BCUT2D eigenvalue weighted by molar-refractivity contribution is -0.118. The number of carbonyl (C=O) groups excluding carboxylic acids is 1. The first-order valence-corrected chi connectivity index (χ1v) is 6.02. The number of amides is 1. The lowest BCUT2D eigenvalue weighted by Gasteiger charge is -2.11. The molecule has 0 radical (unpaired) electrons. The molecule has 0 aromatic carbocycles. The smallest absolute Gasteiger partial charge is 0.248 e. The summed E-state index contributed by atoms with van der Waals surface area (Å²) in [6.07, 6.45) is 1.67. The van der Waals surface area contributed by atoms with Crippen LogP contribution in [0.3, 0.4) is 0 Å². The second-order valence-corrected chi connectivity index (χ2v) is 4.52. The van der Waals surface area contributed by atoms with Crippen LogP contribution in [0.15, 0.2) is 18.3 Å². The van der Waals surface area contributed by atoms with Gasteiger partial charge >= 0.3 is 0 Å². The van der Waals surface area contributed by atoms with Crippen molar-refractivity contribution in [1.82, 2.24) is 14.8 Å². The van der Waals surface area contributed by atoms with Crippen LogP contribution in [0.1, 0.15) is 18.7 Å². The van der Waals surface area contributed by atoms with E-state index in [1.807, 2.05) is 26.0 Å². The summed E-state index contributed by atoms with van der Waals surface area (Å²) in [5.41, 5.74) is 3.09. The van der Waals surface area contributed by atoms with Crippen LogP contribution in [-0.4, -0.2) is 27.8 Å². The zero-order chi connectivity index (χ0) is 13.6. The number of ether oxygens (including phenoxy) is 1. The largest absolute Gasteiger partial charge is 0.480 e. The maximum Gasteiger partial charge on any atom is 0.248 e. The Hall–Kier alpha value is -2.37. The van der Waals surface area contributed by atoms with E-state index in [4.69, 9.17) is 4.74 Å². The van der Waals surface area contributed by atoms with Gasteiger partial charge in [-0.3, -0.25) is 9.48 Å². The number of anilines is 1. The van der Waals surface area contributed by atoms with Gasteiger partial charge in [0, 0.05) is 11.9 Å². The number of rotatable bonds is 1. The van der Waals surface area contributed by atoms with Gasteiger partial charge in [-0.2, -0.15) is 5.10 Å². The minimum atomic E-state index is -0.373. The number of hydrogen-bond donors (Lipinski definition) is 1. The molecule has 6 nitrogen and oxygen atoms in total. The third-order valence-electron chi connectivity index (χ3n) is 3.24. The summed E-state index contributed by atoms with van der Waals surface area (Å²) in [6, 6.07) is 3.32. The zero-order valence-corrected chi connectivity index (χ0v) is 11.0. The van der Waals surface area contributed by atoms with Crippen LogP contribution in [0.4, 0.5) is 5.69 Å². The highest BCUT2D eigenvalue weighted by atomic mass is 16.5. The molecule has 1 N–H and O–H groups in total. The van der Waals surface area contributed by atoms with E-state index in [1.165, 1.54) is 0 Å². The summed E-state index contributed by atoms with van der Waals surface area (Å²) < 4.78 is 7.02. The predicted molar refractivity (Wildman–Crippen MR) is 70.1 cm³/mol. The number of aryl methyl sites for hydroxylation is 1. The summed E-state index contributed by atoms with van der Waals surface area (Å²) in [5.74, 6) is 0.391. The number of pyridine rings is 1. The molecule has 0 saturated heterocycles. The molecule has 1 aliphatic heterocycles. The molecule has 1 amide bonds. The van der Waals surface area contributed by atoms with Gasteiger partial charge in [-0.05, 0) is 26.0 Å². The van der Waals surface area contributed by atoms with Crippen molar-refractivity contribution < 1.29 is 9.53 Å². The molecule has 0 spiro atoms. The number of nitrogens with zero attached hydrogens (tertiary/aromatic N) is 3. The van der Waals surface area contributed by atoms with E-state index in [0.717, 1.165) is 17.0 Å². The second-order valence-electron chi connectivity index (χ2n) is 4.52. The van der Waals surface area contributed by atoms with E-state index in [2.05, 4.69) is 15.4 Å². The number of carbonyl (C=O) groups is 1. The molecule has 0 bridgehead atoms. The Morgan fingerprint density at radius 2 is 2.26 bits per heavy atom. The Labute approximate surface area is 110 Å². The first kappa shape index (κ1) is 11.7. The lowest BCUT2D eigenvalue weighted by Crippen LogP contribution is -2.22. The minimum Gasteiger partial charge on any atom is -0.480 e. The van der Waals surface area contributed by atoms with Gasteiger partial charge in [0.1, 0.15) is 6.04 Å². The number of aromatic nitrogens is 3. The van der Waals surface area contributed by atoms with Gasteiger partial charge in [-0.25, -0.2) is 4.98 Å². The van der Waals surface area contributed by atoms with Crippen molar-refractivity contribution >= 4 is 11.6 Å². The average Bonchev–Trinajstić information content (AvgIpc) is 2.82. The van der Waals surface area contributed by atoms with Crippen LogP contribution < -0.4 is 10.1 Å². The first-order valence-electron chi connectivity index (χ1n) is 6.02. The van der Waals surface area contributed by atoms with Gasteiger partial charge in [0.25, 0.3) is 0 Å². The average molecular weight is 258 g/mol. The quantitative estimate of drug-likeness (QED) is 0.846. The fourth-order valence-electron chi connectivity index (χ4n) is 2.31. The second kappa shape index (κ2) is 4.08. The maximum atomic E-state index is 12.1. The Kier molecular flexibility index (Phi) is 2.51. The number of nitrogens with one attached hydrogen (secondary N) is 1. The molecule has 1 unspecified atom stereocenters. The van der Waals surface area contributed by atoms with Crippen LogP contribution in [0, 0.1) is 6.92 Å². The van der Waals surface area contributed by atoms with Crippen molar-refractivity contribution in [3.63, 3.8) is 0 Å². The molecular formula is C13H14N4O2. The highest BCUT2D eigenvalue weighted by Gasteiger charge is 2.28. The van der Waals surface area contributed by atoms with Gasteiger partial charge in [0.15, 0.2) is 0 Å². The van der Waals surface area contributed by atoms with Gasteiger partial charge < -0.3 is 10.1 Å². The van der Waals surface area contributed by atoms with Gasteiger partial charge in [-0.1, -0.05) is 0 Å². The number of hydrogen-bond acceptors (Lipinski definition) is 4. The van der Waals surface area contributed by atoms with Gasteiger partial charge in [-0.15, -0.1) is 0 Å². The Morgan fingerprint density at radius 1 is 1.47 bits per heavy atom. The van der Waals surface area contributed by atoms with E-state index in [1.54, 1.807) is 18.0 Å². The SMILES string of the molecule is COc1nc(C)cc2c1-c1ccnn1C(C)C(=O)N2. The van der Waals surface area contributed by atoms with Crippen LogP contribution in [0.25, 0.3) is 11.3 Å². The van der Waals surface area contributed by atoms with Crippen LogP contribution in [0.5, 0.6) is 5.88 Å². The van der Waals surface area contributed by atoms with Crippen LogP contribution in [0.2, 0.25) is 0 Å². The van der Waals surface area contributed by atoms with Crippen LogP contribution >= 0.6 is 0 Å². The van der Waals surface area contributed by atoms with Crippen LogP contribution in [-0.2, 0) is 4.79 Å². The third kappa shape index (κ3) is 1.68. The molecule has 3 heterocycles. The van der Waals surface area contributed by atoms with Crippen molar-refractivity contribution in [3.05, 3.63) is 24.0 Å². The first-order chi connectivity index (χ1) is 9.11. The Balaban J connectivity index is 2.35. The van der Waals surface area contributed by atoms with E-state index in [0.29, 0.717) is 11.6 Å². The number of fused-ring (bicyclic) bond motifs is 3. The molecule has 19 heavy (non-hydrogen) atoms. The highest BCUT2D eigenvalue weighted by molar-refractivity contribution is 6.00. The topological polar surface area (TPSA) is 69.0 Å². The van der Waals surface area contributed by atoms with Crippen molar-refractivity contribution in [3.8, 4) is 17.1 Å². The summed E-state index contributed by atoms with van der Waals surface area (Å²) >= 11 is 0. The van der Waals surface area contributed by atoms with Crippen molar-refractivity contribution in [2.24, 2.45) is 0 Å². The monoisotopic (exact) mass is 258 g/mol. The Bertz CT molecular complexity index is 663. The molecule has 3 rings (SSSR count). The van der Waals surface area contributed by atoms with E-state index >= 15 is 0 Å².